The van der Waals surface area contributed by atoms with Crippen LogP contribution in [0.1, 0.15) is 0 Å². The van der Waals surface area contributed by atoms with Crippen molar-refractivity contribution in [2.45, 2.75) is 0 Å². The molecule has 0 fully saturated rings. The molecule has 0 aliphatic carbocycles. The highest BCUT2D eigenvalue weighted by Crippen LogP contribution is 2.31. The molecule has 3 rings (SSSR count). The maximum atomic E-state index is 12.0. The summed E-state index contributed by atoms with van der Waals surface area (Å²) in [5.74, 6) is -0.213. The summed E-state index contributed by atoms with van der Waals surface area (Å²) in [5.41, 5.74) is 4.94. The van der Waals surface area contributed by atoms with Gasteiger partial charge in [0.05, 0.1) is 4.92 Å². The van der Waals surface area contributed by atoms with Crippen molar-refractivity contribution in [2.24, 2.45) is 0 Å². The fourth-order valence-corrected chi connectivity index (χ4v) is 2.67. The van der Waals surface area contributed by atoms with Crippen molar-refractivity contribution < 1.29 is 14.5 Å². The number of benzene rings is 2. The molecule has 0 saturated carbocycles. The first-order valence-corrected chi connectivity index (χ1v) is 9.07. The number of hydrogen-bond donors (Lipinski definition) is 3. The topological polar surface area (TPSA) is 131 Å². The minimum Gasteiger partial charge on any atom is -0.484 e. The summed E-state index contributed by atoms with van der Waals surface area (Å²) in [6.07, 6.45) is 1.14. The fraction of sp³-hybridized carbons (Fsp3) is 0.0556. The van der Waals surface area contributed by atoms with Crippen LogP contribution in [-0.4, -0.2) is 27.4 Å². The second-order valence-electron chi connectivity index (χ2n) is 5.59. The number of anilines is 3. The molecule has 0 radical (unpaired) electrons. The quantitative estimate of drug-likeness (QED) is 0.345. The van der Waals surface area contributed by atoms with Crippen molar-refractivity contribution in [1.82, 2.24) is 15.4 Å². The first-order chi connectivity index (χ1) is 14.0. The molecule has 1 aromatic heterocycles. The number of halogens is 1. The van der Waals surface area contributed by atoms with Gasteiger partial charge in [0.25, 0.3) is 5.91 Å². The normalized spacial score (nSPS) is 10.1. The van der Waals surface area contributed by atoms with Gasteiger partial charge < -0.3 is 10.1 Å². The number of hydrogen-bond acceptors (Lipinski definition) is 8. The predicted octanol–water partition coefficient (Wildman–Crippen LogP) is 3.41. The first-order valence-electron chi connectivity index (χ1n) is 8.27. The summed E-state index contributed by atoms with van der Waals surface area (Å²) < 4.78 is 6.11. The second-order valence-corrected chi connectivity index (χ2v) is 6.50. The van der Waals surface area contributed by atoms with E-state index in [0.29, 0.717) is 11.4 Å². The number of carbonyl (C=O) groups is 1. The highest BCUT2D eigenvalue weighted by molar-refractivity contribution is 9.10. The van der Waals surface area contributed by atoms with Gasteiger partial charge in [0.2, 0.25) is 11.6 Å². The molecule has 0 aliphatic heterocycles. The van der Waals surface area contributed by atoms with Crippen LogP contribution in [-0.2, 0) is 4.79 Å². The maximum absolute atomic E-state index is 12.0. The van der Waals surface area contributed by atoms with Crippen molar-refractivity contribution in [3.63, 3.8) is 0 Å². The molecule has 148 valence electrons. The molecule has 0 aliphatic rings. The molecule has 0 spiro atoms. The van der Waals surface area contributed by atoms with E-state index in [1.807, 2.05) is 12.1 Å². The lowest BCUT2D eigenvalue weighted by Gasteiger charge is -2.11. The number of nitrogens with one attached hydrogen (secondary N) is 3. The van der Waals surface area contributed by atoms with Gasteiger partial charge in [0, 0.05) is 10.2 Å². The van der Waals surface area contributed by atoms with Crippen LogP contribution < -0.4 is 20.9 Å². The van der Waals surface area contributed by atoms with Gasteiger partial charge in [-0.2, -0.15) is 0 Å². The smallest absolute Gasteiger partial charge is 0.355 e. The van der Waals surface area contributed by atoms with Crippen LogP contribution in [0.2, 0.25) is 0 Å². The third-order valence-electron chi connectivity index (χ3n) is 3.53. The van der Waals surface area contributed by atoms with Gasteiger partial charge in [-0.25, -0.2) is 9.97 Å². The Balaban J connectivity index is 1.68. The number of para-hydroxylation sites is 1. The lowest BCUT2D eigenvalue weighted by molar-refractivity contribution is -0.383. The van der Waals surface area contributed by atoms with Crippen LogP contribution in [0.4, 0.5) is 23.0 Å². The molecule has 1 amide bonds. The van der Waals surface area contributed by atoms with Crippen LogP contribution in [0.3, 0.4) is 0 Å². The van der Waals surface area contributed by atoms with E-state index in [1.54, 1.807) is 42.5 Å². The molecule has 29 heavy (non-hydrogen) atoms. The standard InChI is InChI=1S/C18H15BrN6O4/c19-12-5-4-6-13(9-12)22-17-16(25(27)28)18(21-11-20-17)24-23-15(26)10-29-14-7-2-1-3-8-14/h1-9,11H,10H2,(H,23,26)(H2,20,21,22,24). The summed E-state index contributed by atoms with van der Waals surface area (Å²) in [4.78, 5) is 30.6. The Morgan fingerprint density at radius 3 is 2.59 bits per heavy atom. The third-order valence-corrected chi connectivity index (χ3v) is 4.02. The summed E-state index contributed by atoms with van der Waals surface area (Å²) in [6, 6.07) is 15.8. The van der Waals surface area contributed by atoms with E-state index in [2.05, 4.69) is 42.1 Å². The molecule has 0 bridgehead atoms. The highest BCUT2D eigenvalue weighted by atomic mass is 79.9. The zero-order valence-corrected chi connectivity index (χ0v) is 16.4. The van der Waals surface area contributed by atoms with Gasteiger partial charge in [0.15, 0.2) is 6.61 Å². The highest BCUT2D eigenvalue weighted by Gasteiger charge is 2.23. The number of carbonyl (C=O) groups excluding carboxylic acids is 1. The number of rotatable bonds is 8. The number of nitrogens with zero attached hydrogens (tertiary/aromatic N) is 3. The average molecular weight is 459 g/mol. The molecule has 0 atom stereocenters. The Labute approximate surface area is 173 Å². The van der Waals surface area contributed by atoms with E-state index in [1.165, 1.54) is 0 Å². The van der Waals surface area contributed by atoms with Gasteiger partial charge >= 0.3 is 5.69 Å². The molecule has 1 heterocycles. The third kappa shape index (κ3) is 5.62. The van der Waals surface area contributed by atoms with Gasteiger partial charge in [-0.3, -0.25) is 25.8 Å². The average Bonchev–Trinajstić information content (AvgIpc) is 2.71. The molecule has 3 aromatic rings. The van der Waals surface area contributed by atoms with Crippen LogP contribution >= 0.6 is 15.9 Å². The van der Waals surface area contributed by atoms with Crippen LogP contribution in [0, 0.1) is 10.1 Å². The number of hydrazine groups is 1. The van der Waals surface area contributed by atoms with Crippen molar-refractivity contribution >= 4 is 44.8 Å². The van der Waals surface area contributed by atoms with E-state index in [4.69, 9.17) is 4.74 Å². The molecule has 3 N–H and O–H groups in total. The Morgan fingerprint density at radius 1 is 1.10 bits per heavy atom. The lowest BCUT2D eigenvalue weighted by atomic mass is 10.3. The molecule has 11 heteroatoms. The predicted molar refractivity (Wildman–Crippen MR) is 110 cm³/mol. The van der Waals surface area contributed by atoms with Crippen molar-refractivity contribution in [3.05, 3.63) is 75.5 Å². The van der Waals surface area contributed by atoms with Gasteiger partial charge in [-0.05, 0) is 30.3 Å². The first kappa shape index (κ1) is 20.0. The van der Waals surface area contributed by atoms with Crippen molar-refractivity contribution in [3.8, 4) is 5.75 Å². The van der Waals surface area contributed by atoms with E-state index in [9.17, 15) is 14.9 Å². The molecule has 2 aromatic carbocycles. The van der Waals surface area contributed by atoms with E-state index >= 15 is 0 Å². The second kappa shape index (κ2) is 9.46. The van der Waals surface area contributed by atoms with Crippen LogP contribution in [0.5, 0.6) is 5.75 Å². The Hall–Kier alpha value is -3.73. The largest absolute Gasteiger partial charge is 0.484 e. The lowest BCUT2D eigenvalue weighted by Crippen LogP contribution is -2.34. The van der Waals surface area contributed by atoms with Gasteiger partial charge in [-0.15, -0.1) is 0 Å². The van der Waals surface area contributed by atoms with Crippen molar-refractivity contribution in [1.29, 1.82) is 0 Å². The molecule has 10 nitrogen and oxygen atoms in total. The monoisotopic (exact) mass is 458 g/mol. The Kier molecular flexibility index (Phi) is 6.53. The molecule has 0 unspecified atom stereocenters. The Morgan fingerprint density at radius 2 is 1.86 bits per heavy atom. The molecular weight excluding hydrogens is 444 g/mol. The van der Waals surface area contributed by atoms with Gasteiger partial charge in [0.1, 0.15) is 12.1 Å². The summed E-state index contributed by atoms with van der Waals surface area (Å²) in [5, 5.41) is 14.4. The van der Waals surface area contributed by atoms with Gasteiger partial charge in [-0.1, -0.05) is 40.2 Å². The van der Waals surface area contributed by atoms with E-state index in [-0.39, 0.29) is 18.2 Å². The minimum absolute atomic E-state index is 0.0274. The fourth-order valence-electron chi connectivity index (χ4n) is 2.27. The SMILES string of the molecule is O=C(COc1ccccc1)NNc1ncnc(Nc2cccc(Br)c2)c1[N+](=O)[O-]. The Bertz CT molecular complexity index is 1020. The maximum Gasteiger partial charge on any atom is 0.355 e. The minimum atomic E-state index is -0.644. The summed E-state index contributed by atoms with van der Waals surface area (Å²) in [7, 11) is 0. The molecular formula is C18H15BrN6O4. The van der Waals surface area contributed by atoms with E-state index < -0.39 is 16.5 Å². The molecule has 0 saturated heterocycles. The van der Waals surface area contributed by atoms with Crippen LogP contribution in [0.25, 0.3) is 0 Å². The number of nitro groups is 1. The van der Waals surface area contributed by atoms with Crippen LogP contribution in [0.15, 0.2) is 65.4 Å². The van der Waals surface area contributed by atoms with Crippen molar-refractivity contribution in [2.75, 3.05) is 17.3 Å². The van der Waals surface area contributed by atoms with E-state index in [0.717, 1.165) is 10.8 Å². The zero-order valence-electron chi connectivity index (χ0n) is 14.8. The summed E-state index contributed by atoms with van der Waals surface area (Å²) >= 11 is 3.33. The summed E-state index contributed by atoms with van der Waals surface area (Å²) in [6.45, 7) is -0.279. The number of ether oxygens (including phenoxy) is 1. The number of aromatic nitrogens is 2. The zero-order chi connectivity index (χ0) is 20.6. The number of amides is 1.